The number of aromatic nitrogens is 4. The van der Waals surface area contributed by atoms with Crippen molar-refractivity contribution in [3.8, 4) is 6.07 Å². The first-order valence-corrected chi connectivity index (χ1v) is 13.6. The second-order valence-electron chi connectivity index (χ2n) is 11.1. The second kappa shape index (κ2) is 10.5. The van der Waals surface area contributed by atoms with Gasteiger partial charge in [0.15, 0.2) is 5.82 Å². The van der Waals surface area contributed by atoms with E-state index in [1.165, 1.54) is 0 Å². The molecule has 0 spiro atoms. The molecule has 2 aromatic heterocycles. The van der Waals surface area contributed by atoms with Crippen molar-refractivity contribution in [1.29, 1.82) is 5.26 Å². The molecule has 2 fully saturated rings. The molecule has 1 saturated heterocycles. The van der Waals surface area contributed by atoms with Crippen molar-refractivity contribution >= 4 is 40.4 Å². The van der Waals surface area contributed by atoms with Gasteiger partial charge in [0, 0.05) is 13.1 Å². The van der Waals surface area contributed by atoms with Gasteiger partial charge in [-0.25, -0.2) is 19.4 Å². The Kier molecular flexibility index (Phi) is 7.18. The predicted molar refractivity (Wildman–Crippen MR) is 152 cm³/mol. The van der Waals surface area contributed by atoms with Crippen LogP contribution in [0.15, 0.2) is 23.0 Å². The molecule has 1 aliphatic carbocycles. The van der Waals surface area contributed by atoms with Gasteiger partial charge in [0.2, 0.25) is 5.95 Å². The van der Waals surface area contributed by atoms with Crippen molar-refractivity contribution in [2.75, 3.05) is 42.2 Å². The standard InChI is InChI=1S/C27H32ClN9O3/c1-15-17(14-29)22(34-25(30)31-15)33-21(16-8-9-16)23-32-19-7-5-6-18(28)20(19)24(38)37(23)36-12-10-35(11-13-36)26(39)40-27(2,3)4/h5-7,16,21H,8-13H2,1-4H3,(H3,30,31,33,34)/t21-/m0/s1. The molecule has 1 aromatic carbocycles. The molecule has 0 unspecified atom stereocenters. The summed E-state index contributed by atoms with van der Waals surface area (Å²) in [6, 6.07) is 6.89. The van der Waals surface area contributed by atoms with E-state index in [0.29, 0.717) is 59.4 Å². The molecular formula is C27H32ClN9O3. The van der Waals surface area contributed by atoms with E-state index in [-0.39, 0.29) is 23.0 Å². The van der Waals surface area contributed by atoms with Gasteiger partial charge >= 0.3 is 6.09 Å². The van der Waals surface area contributed by atoms with Crippen LogP contribution in [0.3, 0.4) is 0 Å². The van der Waals surface area contributed by atoms with E-state index in [2.05, 4.69) is 21.4 Å². The molecule has 1 atom stereocenters. The van der Waals surface area contributed by atoms with E-state index < -0.39 is 17.7 Å². The molecule has 13 heteroatoms. The number of ether oxygens (including phenoxy) is 1. The van der Waals surface area contributed by atoms with Crippen LogP contribution in [0, 0.1) is 24.2 Å². The van der Waals surface area contributed by atoms with Gasteiger partial charge in [0.05, 0.1) is 40.8 Å². The van der Waals surface area contributed by atoms with Crippen LogP contribution in [0.1, 0.15) is 56.7 Å². The molecule has 12 nitrogen and oxygen atoms in total. The van der Waals surface area contributed by atoms with Gasteiger partial charge in [-0.15, -0.1) is 0 Å². The molecule has 0 bridgehead atoms. The number of nitrogen functional groups attached to an aromatic ring is 1. The van der Waals surface area contributed by atoms with Crippen molar-refractivity contribution < 1.29 is 9.53 Å². The monoisotopic (exact) mass is 565 g/mol. The number of amides is 1. The molecular weight excluding hydrogens is 534 g/mol. The Morgan fingerprint density at radius 1 is 1.20 bits per heavy atom. The smallest absolute Gasteiger partial charge is 0.410 e. The van der Waals surface area contributed by atoms with Crippen LogP contribution in [0.2, 0.25) is 5.02 Å². The largest absolute Gasteiger partial charge is 0.444 e. The summed E-state index contributed by atoms with van der Waals surface area (Å²) in [5, 5.41) is 15.7. The minimum Gasteiger partial charge on any atom is -0.444 e. The summed E-state index contributed by atoms with van der Waals surface area (Å²) in [6.07, 6.45) is 1.43. The fourth-order valence-corrected chi connectivity index (χ4v) is 5.13. The molecule has 3 heterocycles. The molecule has 5 rings (SSSR count). The zero-order chi connectivity index (χ0) is 28.8. The number of carbonyl (C=O) groups is 1. The molecule has 3 N–H and O–H groups in total. The van der Waals surface area contributed by atoms with E-state index in [0.717, 1.165) is 12.8 Å². The maximum atomic E-state index is 14.1. The van der Waals surface area contributed by atoms with Gasteiger partial charge in [-0.3, -0.25) is 4.79 Å². The Hall–Kier alpha value is -4.11. The van der Waals surface area contributed by atoms with Crippen molar-refractivity contribution in [2.24, 2.45) is 5.92 Å². The van der Waals surface area contributed by atoms with Gasteiger partial charge in [-0.1, -0.05) is 17.7 Å². The van der Waals surface area contributed by atoms with Crippen LogP contribution in [-0.2, 0) is 4.74 Å². The number of nitriles is 1. The number of rotatable bonds is 5. The minimum atomic E-state index is -0.606. The topological polar surface area (TPSA) is 155 Å². The third-order valence-corrected chi connectivity index (χ3v) is 7.24. The lowest BCUT2D eigenvalue weighted by atomic mass is 10.1. The average Bonchev–Trinajstić information content (AvgIpc) is 3.71. The number of nitrogens with zero attached hydrogens (tertiary/aromatic N) is 7. The molecule has 2 aliphatic rings. The normalized spacial score (nSPS) is 16.5. The summed E-state index contributed by atoms with van der Waals surface area (Å²) >= 11 is 6.49. The average molecular weight is 566 g/mol. The van der Waals surface area contributed by atoms with Crippen LogP contribution in [0.5, 0.6) is 0 Å². The fourth-order valence-electron chi connectivity index (χ4n) is 4.88. The summed E-state index contributed by atoms with van der Waals surface area (Å²) in [6.45, 7) is 8.66. The number of nitrogens with one attached hydrogen (secondary N) is 1. The lowest BCUT2D eigenvalue weighted by Gasteiger charge is -2.38. The Balaban J connectivity index is 1.57. The number of anilines is 2. The lowest BCUT2D eigenvalue weighted by molar-refractivity contribution is 0.0231. The quantitative estimate of drug-likeness (QED) is 0.470. The van der Waals surface area contributed by atoms with Gasteiger partial charge in [-0.2, -0.15) is 10.2 Å². The van der Waals surface area contributed by atoms with Crippen molar-refractivity contribution in [3.63, 3.8) is 0 Å². The number of nitrogens with two attached hydrogens (primary N) is 1. The third-order valence-electron chi connectivity index (χ3n) is 6.92. The number of piperazine rings is 1. The SMILES string of the molecule is Cc1nc(N)nc(N[C@H](c2nc3cccc(Cl)c3c(=O)n2N2CCN(C(=O)OC(C)(C)C)CC2)C2CC2)c1C#N. The maximum absolute atomic E-state index is 14.1. The first-order valence-electron chi connectivity index (χ1n) is 13.2. The summed E-state index contributed by atoms with van der Waals surface area (Å²) in [5.41, 5.74) is 6.23. The highest BCUT2D eigenvalue weighted by Crippen LogP contribution is 2.43. The highest BCUT2D eigenvalue weighted by Gasteiger charge is 2.38. The maximum Gasteiger partial charge on any atom is 0.410 e. The van der Waals surface area contributed by atoms with Crippen LogP contribution in [-0.4, -0.2) is 62.4 Å². The molecule has 210 valence electrons. The van der Waals surface area contributed by atoms with E-state index >= 15 is 0 Å². The molecule has 1 saturated carbocycles. The van der Waals surface area contributed by atoms with Gasteiger partial charge in [0.1, 0.15) is 23.1 Å². The van der Waals surface area contributed by atoms with Crippen LogP contribution < -0.4 is 21.6 Å². The zero-order valence-electron chi connectivity index (χ0n) is 22.9. The summed E-state index contributed by atoms with van der Waals surface area (Å²) in [5.74, 6) is 0.973. The number of aryl methyl sites for hydroxylation is 1. The third kappa shape index (κ3) is 5.47. The number of carbonyl (C=O) groups excluding carboxylic acids is 1. The second-order valence-corrected chi connectivity index (χ2v) is 11.5. The van der Waals surface area contributed by atoms with E-state index in [1.807, 2.05) is 25.8 Å². The Bertz CT molecular complexity index is 1560. The first-order chi connectivity index (χ1) is 19.0. The van der Waals surface area contributed by atoms with E-state index in [1.54, 1.807) is 34.7 Å². The van der Waals surface area contributed by atoms with Crippen molar-refractivity contribution in [3.05, 3.63) is 50.7 Å². The van der Waals surface area contributed by atoms with E-state index in [4.69, 9.17) is 27.1 Å². The van der Waals surface area contributed by atoms with Crippen molar-refractivity contribution in [2.45, 2.75) is 52.2 Å². The van der Waals surface area contributed by atoms with Gasteiger partial charge in [0.25, 0.3) is 5.56 Å². The van der Waals surface area contributed by atoms with Crippen LogP contribution in [0.25, 0.3) is 10.9 Å². The minimum absolute atomic E-state index is 0.0439. The van der Waals surface area contributed by atoms with E-state index in [9.17, 15) is 14.9 Å². The highest BCUT2D eigenvalue weighted by molar-refractivity contribution is 6.35. The van der Waals surface area contributed by atoms with Gasteiger partial charge in [-0.05, 0) is 58.6 Å². The Morgan fingerprint density at radius 2 is 1.90 bits per heavy atom. The number of hydrogen-bond donors (Lipinski definition) is 2. The Morgan fingerprint density at radius 3 is 2.52 bits per heavy atom. The number of halogens is 1. The fraction of sp³-hybridized carbons (Fsp3) is 0.481. The van der Waals surface area contributed by atoms with Crippen LogP contribution in [0.4, 0.5) is 16.6 Å². The number of fused-ring (bicyclic) bond motifs is 1. The Labute approximate surface area is 236 Å². The summed E-state index contributed by atoms with van der Waals surface area (Å²) in [7, 11) is 0. The molecule has 40 heavy (non-hydrogen) atoms. The van der Waals surface area contributed by atoms with Crippen molar-refractivity contribution in [1.82, 2.24) is 24.5 Å². The molecule has 1 aliphatic heterocycles. The first kappa shape index (κ1) is 27.5. The van der Waals surface area contributed by atoms with Crippen LogP contribution >= 0.6 is 11.6 Å². The zero-order valence-corrected chi connectivity index (χ0v) is 23.7. The number of hydrogen-bond acceptors (Lipinski definition) is 10. The van der Waals surface area contributed by atoms with Gasteiger partial charge < -0.3 is 25.7 Å². The summed E-state index contributed by atoms with van der Waals surface area (Å²) in [4.78, 5) is 41.7. The lowest BCUT2D eigenvalue weighted by Crippen LogP contribution is -2.57. The predicted octanol–water partition coefficient (Wildman–Crippen LogP) is 3.35. The number of benzene rings is 1. The molecule has 0 radical (unpaired) electrons. The summed E-state index contributed by atoms with van der Waals surface area (Å²) < 4.78 is 7.11. The molecule has 3 aromatic rings. The molecule has 1 amide bonds. The highest BCUT2D eigenvalue weighted by atomic mass is 35.5.